The summed E-state index contributed by atoms with van der Waals surface area (Å²) >= 11 is 0. The molecule has 0 aliphatic rings. The predicted octanol–water partition coefficient (Wildman–Crippen LogP) is 4.89. The van der Waals surface area contributed by atoms with Crippen molar-refractivity contribution in [3.8, 4) is 0 Å². The second-order valence-electron chi connectivity index (χ2n) is 3.31. The average molecular weight is 270 g/mol. The number of hydrogen-bond acceptors (Lipinski definition) is 1. The summed E-state index contributed by atoms with van der Waals surface area (Å²) in [7, 11) is 0. The summed E-state index contributed by atoms with van der Waals surface area (Å²) in [5.41, 5.74) is 1.17. The molecule has 20 heavy (non-hydrogen) atoms. The summed E-state index contributed by atoms with van der Waals surface area (Å²) in [5, 5.41) is 8.02. The van der Waals surface area contributed by atoms with Gasteiger partial charge in [0.1, 0.15) is 0 Å². The zero-order chi connectivity index (χ0) is 15.6. The van der Waals surface area contributed by atoms with Gasteiger partial charge in [-0.25, -0.2) is 4.79 Å². The molecule has 0 unspecified atom stereocenters. The Morgan fingerprint density at radius 3 is 1.90 bits per heavy atom. The van der Waals surface area contributed by atoms with Gasteiger partial charge in [0.25, 0.3) is 0 Å². The Morgan fingerprint density at radius 2 is 1.60 bits per heavy atom. The number of carbonyl (C=O) groups is 1. The van der Waals surface area contributed by atoms with Crippen molar-refractivity contribution in [3.63, 3.8) is 0 Å². The predicted molar refractivity (Wildman–Crippen MR) is 88.5 cm³/mol. The second-order valence-corrected chi connectivity index (χ2v) is 3.31. The first kappa shape index (κ1) is 19.7. The first-order chi connectivity index (χ1) is 9.62. The number of aliphatic carboxylic acids is 1. The molecule has 0 aromatic heterocycles. The smallest absolute Gasteiger partial charge is 0.328 e. The van der Waals surface area contributed by atoms with E-state index in [1.807, 2.05) is 43.3 Å². The van der Waals surface area contributed by atoms with E-state index in [4.69, 9.17) is 5.11 Å². The summed E-state index contributed by atoms with van der Waals surface area (Å²) in [6.07, 6.45) is 11.1. The molecular weight excluding hydrogens is 248 g/mol. The quantitative estimate of drug-likeness (QED) is 0.624. The standard InChI is InChI=1S/C8H8.C6H8O2.C4H6/c1-2-8-6-4-3-5-7-8;1-2-3-4-5-6(7)8;1-3-4-2/h2-7H,1H2;2-5H,1H3,(H,7,8);3-4H,1-2H2. The molecule has 0 aliphatic carbocycles. The van der Waals surface area contributed by atoms with Crippen LogP contribution in [-0.2, 0) is 4.79 Å². The maximum absolute atomic E-state index is 9.75. The number of carboxylic acid groups (broad SMARTS) is 1. The van der Waals surface area contributed by atoms with Crippen molar-refractivity contribution >= 4 is 12.0 Å². The van der Waals surface area contributed by atoms with Gasteiger partial charge in [0, 0.05) is 6.08 Å². The van der Waals surface area contributed by atoms with Gasteiger partial charge in [-0.15, -0.1) is 0 Å². The second kappa shape index (κ2) is 16.4. The Bertz CT molecular complexity index is 434. The van der Waals surface area contributed by atoms with Gasteiger partial charge in [0.15, 0.2) is 0 Å². The number of hydrogen-bond donors (Lipinski definition) is 1. The van der Waals surface area contributed by atoms with Crippen molar-refractivity contribution in [2.24, 2.45) is 0 Å². The van der Waals surface area contributed by atoms with Crippen LogP contribution < -0.4 is 0 Å². The Labute approximate surface area is 121 Å². The lowest BCUT2D eigenvalue weighted by Crippen LogP contribution is -1.83. The minimum absolute atomic E-state index is 0.914. The zero-order valence-electron chi connectivity index (χ0n) is 11.9. The first-order valence-corrected chi connectivity index (χ1v) is 6.05. The highest BCUT2D eigenvalue weighted by atomic mass is 16.4. The normalized spacial score (nSPS) is 8.85. The molecule has 2 nitrogen and oxygen atoms in total. The Kier molecular flexibility index (Phi) is 16.2. The first-order valence-electron chi connectivity index (χ1n) is 6.05. The van der Waals surface area contributed by atoms with Crippen molar-refractivity contribution in [3.05, 3.63) is 92.1 Å². The van der Waals surface area contributed by atoms with Crippen LogP contribution in [0.2, 0.25) is 0 Å². The minimum atomic E-state index is -0.914. The van der Waals surface area contributed by atoms with Crippen LogP contribution in [0.15, 0.2) is 86.5 Å². The van der Waals surface area contributed by atoms with Crippen LogP contribution in [0.1, 0.15) is 12.5 Å². The summed E-state index contributed by atoms with van der Waals surface area (Å²) in [6.45, 7) is 12.2. The third kappa shape index (κ3) is 17.8. The van der Waals surface area contributed by atoms with Crippen LogP contribution in [0.3, 0.4) is 0 Å². The molecule has 0 heterocycles. The lowest BCUT2D eigenvalue weighted by atomic mass is 10.2. The van der Waals surface area contributed by atoms with E-state index in [9.17, 15) is 4.79 Å². The fraction of sp³-hybridized carbons (Fsp3) is 0.0556. The fourth-order valence-corrected chi connectivity index (χ4v) is 0.838. The van der Waals surface area contributed by atoms with E-state index in [1.54, 1.807) is 24.3 Å². The number of carboxylic acids is 1. The van der Waals surface area contributed by atoms with Gasteiger partial charge in [-0.05, 0) is 12.5 Å². The van der Waals surface area contributed by atoms with Crippen LogP contribution in [0, 0.1) is 0 Å². The SMILES string of the molecule is C=CC=C.C=Cc1ccccc1.CC=CC=CC(=O)O. The van der Waals surface area contributed by atoms with Gasteiger partial charge in [0.05, 0.1) is 0 Å². The van der Waals surface area contributed by atoms with E-state index in [0.717, 1.165) is 6.08 Å². The molecule has 0 amide bonds. The summed E-state index contributed by atoms with van der Waals surface area (Å²) in [6, 6.07) is 10.0. The van der Waals surface area contributed by atoms with Crippen molar-refractivity contribution in [2.75, 3.05) is 0 Å². The Balaban J connectivity index is 0. The van der Waals surface area contributed by atoms with E-state index >= 15 is 0 Å². The van der Waals surface area contributed by atoms with Crippen LogP contribution in [0.5, 0.6) is 0 Å². The van der Waals surface area contributed by atoms with Crippen molar-refractivity contribution in [1.29, 1.82) is 0 Å². The van der Waals surface area contributed by atoms with Crippen molar-refractivity contribution in [1.82, 2.24) is 0 Å². The van der Waals surface area contributed by atoms with Gasteiger partial charge in [-0.1, -0.05) is 86.5 Å². The van der Waals surface area contributed by atoms with Gasteiger partial charge < -0.3 is 5.11 Å². The van der Waals surface area contributed by atoms with Crippen LogP contribution in [-0.4, -0.2) is 11.1 Å². The molecule has 1 rings (SSSR count). The van der Waals surface area contributed by atoms with Crippen LogP contribution in [0.25, 0.3) is 6.08 Å². The lowest BCUT2D eigenvalue weighted by molar-refractivity contribution is -0.131. The molecule has 0 saturated heterocycles. The van der Waals surface area contributed by atoms with Gasteiger partial charge in [-0.2, -0.15) is 0 Å². The molecule has 1 aromatic rings. The topological polar surface area (TPSA) is 37.3 Å². The molecule has 1 N–H and O–H groups in total. The van der Waals surface area contributed by atoms with Gasteiger partial charge in [-0.3, -0.25) is 0 Å². The molecule has 0 fully saturated rings. The summed E-state index contributed by atoms with van der Waals surface area (Å²) < 4.78 is 0. The molecule has 0 atom stereocenters. The van der Waals surface area contributed by atoms with Crippen molar-refractivity contribution < 1.29 is 9.90 Å². The summed E-state index contributed by atoms with van der Waals surface area (Å²) in [5.74, 6) is -0.914. The molecule has 0 aliphatic heterocycles. The van der Waals surface area contributed by atoms with Gasteiger partial charge >= 0.3 is 5.97 Å². The molecule has 0 radical (unpaired) electrons. The molecule has 1 aromatic carbocycles. The average Bonchev–Trinajstić information content (AvgIpc) is 2.49. The van der Waals surface area contributed by atoms with E-state index in [1.165, 1.54) is 11.6 Å². The zero-order valence-corrected chi connectivity index (χ0v) is 11.9. The Morgan fingerprint density at radius 1 is 1.05 bits per heavy atom. The Hall–Kier alpha value is -2.61. The van der Waals surface area contributed by atoms with E-state index in [-0.39, 0.29) is 0 Å². The maximum Gasteiger partial charge on any atom is 0.328 e. The third-order valence-corrected chi connectivity index (χ3v) is 1.74. The largest absolute Gasteiger partial charge is 0.478 e. The minimum Gasteiger partial charge on any atom is -0.478 e. The fourth-order valence-electron chi connectivity index (χ4n) is 0.838. The van der Waals surface area contributed by atoms with E-state index in [0.29, 0.717) is 0 Å². The number of rotatable bonds is 4. The molecule has 106 valence electrons. The maximum atomic E-state index is 9.75. The summed E-state index contributed by atoms with van der Waals surface area (Å²) in [4.78, 5) is 9.75. The molecule has 0 spiro atoms. The monoisotopic (exact) mass is 270 g/mol. The molecule has 0 bridgehead atoms. The van der Waals surface area contributed by atoms with Crippen LogP contribution in [0.4, 0.5) is 0 Å². The molecular formula is C18H22O2. The van der Waals surface area contributed by atoms with Gasteiger partial charge in [0.2, 0.25) is 0 Å². The van der Waals surface area contributed by atoms with Crippen LogP contribution >= 0.6 is 0 Å². The van der Waals surface area contributed by atoms with E-state index < -0.39 is 5.97 Å². The lowest BCUT2D eigenvalue weighted by Gasteiger charge is -1.85. The molecule has 2 heteroatoms. The third-order valence-electron chi connectivity index (χ3n) is 1.74. The highest BCUT2D eigenvalue weighted by Crippen LogP contribution is 1.97. The van der Waals surface area contributed by atoms with Crippen molar-refractivity contribution in [2.45, 2.75) is 6.92 Å². The molecule has 0 saturated carbocycles. The highest BCUT2D eigenvalue weighted by Gasteiger charge is 1.78. The van der Waals surface area contributed by atoms with E-state index in [2.05, 4.69) is 19.7 Å². The number of benzene rings is 1. The highest BCUT2D eigenvalue weighted by molar-refractivity contribution is 5.80. The number of allylic oxidation sites excluding steroid dienone is 5.